The molecule has 15 nitrogen and oxygen atoms in total. The van der Waals surface area contributed by atoms with E-state index in [0.717, 1.165) is 18.2 Å². The second kappa shape index (κ2) is 30.0. The lowest BCUT2D eigenvalue weighted by Gasteiger charge is -2.22. The molecule has 260 valence electrons. The molecule has 0 aromatic rings. The highest BCUT2D eigenvalue weighted by Crippen LogP contribution is 2.06. The van der Waals surface area contributed by atoms with Gasteiger partial charge in [-0.3, -0.25) is 14.4 Å². The number of aliphatic hydroxyl groups is 3. The molecule has 0 aliphatic heterocycles. The molecular formula is C30H53N3O12. The fourth-order valence-corrected chi connectivity index (χ4v) is 3.38. The lowest BCUT2D eigenvalue weighted by molar-refractivity contribution is -0.119. The largest absolute Gasteiger partial charge is 0.391 e. The molecule has 45 heavy (non-hydrogen) atoms. The molecule has 0 rings (SSSR count). The molecule has 3 atom stereocenters. The van der Waals surface area contributed by atoms with Crippen molar-refractivity contribution in [1.82, 2.24) is 16.0 Å². The standard InChI is InChI=1S/C30H53N3O12/c1-4-28(37)31-21-40-13-7-10-24(34)16-43-19-27(45-18-26(36)12-9-15-42-23-33-30(39)6-3)20-44-17-25(35)11-8-14-41-22-32-29(38)5-2/h4-6,24-27,34-36H,1-3,7-23H2,(H,31,37)(H,32,38)(H,33,39). The van der Waals surface area contributed by atoms with Crippen LogP contribution in [0.3, 0.4) is 0 Å². The van der Waals surface area contributed by atoms with Crippen LogP contribution in [-0.2, 0) is 42.8 Å². The van der Waals surface area contributed by atoms with Crippen molar-refractivity contribution in [2.75, 3.05) is 73.0 Å². The Morgan fingerprint density at radius 3 is 1.20 bits per heavy atom. The Morgan fingerprint density at radius 1 is 0.533 bits per heavy atom. The number of aliphatic hydroxyl groups excluding tert-OH is 3. The number of hydrogen-bond donors (Lipinski definition) is 6. The highest BCUT2D eigenvalue weighted by atomic mass is 16.6. The Labute approximate surface area is 265 Å². The molecule has 0 saturated heterocycles. The minimum Gasteiger partial charge on any atom is -0.391 e. The monoisotopic (exact) mass is 647 g/mol. The highest BCUT2D eigenvalue weighted by molar-refractivity contribution is 5.87. The maximum atomic E-state index is 11.1. The van der Waals surface area contributed by atoms with Crippen LogP contribution in [0.5, 0.6) is 0 Å². The van der Waals surface area contributed by atoms with Crippen LogP contribution in [0.15, 0.2) is 38.0 Å². The van der Waals surface area contributed by atoms with Gasteiger partial charge in [0.25, 0.3) is 0 Å². The SMILES string of the molecule is C=CC(=O)NCOCCCC(O)COCC(COCC(O)CCCOCNC(=O)C=C)OCC(O)CCCOCNC(=O)C=C. The molecule has 6 N–H and O–H groups in total. The van der Waals surface area contributed by atoms with Crippen molar-refractivity contribution in [3.05, 3.63) is 38.0 Å². The van der Waals surface area contributed by atoms with Crippen LogP contribution >= 0.6 is 0 Å². The first-order valence-electron chi connectivity index (χ1n) is 15.0. The van der Waals surface area contributed by atoms with Gasteiger partial charge < -0.3 is 59.7 Å². The third-order valence-corrected chi connectivity index (χ3v) is 5.83. The first-order chi connectivity index (χ1) is 21.7. The van der Waals surface area contributed by atoms with Gasteiger partial charge in [0.15, 0.2) is 0 Å². The molecule has 3 amide bonds. The number of rotatable bonds is 32. The third kappa shape index (κ3) is 28.5. The lowest BCUT2D eigenvalue weighted by atomic mass is 10.2. The molecule has 15 heteroatoms. The molecule has 0 aromatic carbocycles. The summed E-state index contributed by atoms with van der Waals surface area (Å²) in [4.78, 5) is 33.2. The van der Waals surface area contributed by atoms with E-state index in [1.54, 1.807) is 0 Å². The highest BCUT2D eigenvalue weighted by Gasteiger charge is 2.16. The van der Waals surface area contributed by atoms with Gasteiger partial charge in [-0.15, -0.1) is 0 Å². The van der Waals surface area contributed by atoms with Gasteiger partial charge in [0.05, 0.1) is 51.3 Å². The average molecular weight is 648 g/mol. The first kappa shape index (κ1) is 42.3. The summed E-state index contributed by atoms with van der Waals surface area (Å²) in [5.74, 6) is -0.993. The smallest absolute Gasteiger partial charge is 0.245 e. The van der Waals surface area contributed by atoms with Crippen molar-refractivity contribution < 1.29 is 58.1 Å². The molecule has 0 fully saturated rings. The maximum Gasteiger partial charge on any atom is 0.245 e. The average Bonchev–Trinajstić information content (AvgIpc) is 3.03. The second-order valence-corrected chi connectivity index (χ2v) is 9.81. The molecule has 0 aliphatic rings. The van der Waals surface area contributed by atoms with E-state index in [9.17, 15) is 29.7 Å². The Bertz CT molecular complexity index is 773. The van der Waals surface area contributed by atoms with E-state index < -0.39 is 24.4 Å². The zero-order chi connectivity index (χ0) is 33.5. The summed E-state index contributed by atoms with van der Waals surface area (Å²) >= 11 is 0. The van der Waals surface area contributed by atoms with E-state index in [-0.39, 0.29) is 70.9 Å². The molecular weight excluding hydrogens is 594 g/mol. The number of nitrogens with one attached hydrogen (secondary N) is 3. The number of hydrogen-bond acceptors (Lipinski definition) is 12. The van der Waals surface area contributed by atoms with Crippen LogP contribution in [0.1, 0.15) is 38.5 Å². The second-order valence-electron chi connectivity index (χ2n) is 9.81. The Hall–Kier alpha value is -2.73. The van der Waals surface area contributed by atoms with Crippen LogP contribution in [0.4, 0.5) is 0 Å². The molecule has 0 aromatic heterocycles. The fraction of sp³-hybridized carbons (Fsp3) is 0.700. The fourth-order valence-electron chi connectivity index (χ4n) is 3.38. The molecule has 0 spiro atoms. The summed E-state index contributed by atoms with van der Waals surface area (Å²) in [6, 6.07) is 0. The first-order valence-corrected chi connectivity index (χ1v) is 15.0. The number of ether oxygens (including phenoxy) is 6. The summed E-state index contributed by atoms with van der Waals surface area (Å²) in [5.41, 5.74) is 0. The van der Waals surface area contributed by atoms with Crippen molar-refractivity contribution in [3.8, 4) is 0 Å². The van der Waals surface area contributed by atoms with E-state index in [0.29, 0.717) is 58.3 Å². The quantitative estimate of drug-likeness (QED) is 0.0315. The van der Waals surface area contributed by atoms with Gasteiger partial charge in [-0.25, -0.2) is 0 Å². The van der Waals surface area contributed by atoms with Gasteiger partial charge in [-0.2, -0.15) is 0 Å². The minimum atomic E-state index is -0.775. The summed E-state index contributed by atoms with van der Waals surface area (Å²) in [6.45, 7) is 11.5. The zero-order valence-electron chi connectivity index (χ0n) is 26.2. The predicted molar refractivity (Wildman–Crippen MR) is 165 cm³/mol. The molecule has 0 aliphatic carbocycles. The zero-order valence-corrected chi connectivity index (χ0v) is 26.2. The van der Waals surface area contributed by atoms with E-state index >= 15 is 0 Å². The summed E-state index contributed by atoms with van der Waals surface area (Å²) in [7, 11) is 0. The van der Waals surface area contributed by atoms with E-state index in [1.165, 1.54) is 0 Å². The van der Waals surface area contributed by atoms with Crippen LogP contribution in [0.25, 0.3) is 0 Å². The summed E-state index contributed by atoms with van der Waals surface area (Å²) in [6.07, 6.45) is 3.51. The van der Waals surface area contributed by atoms with Crippen molar-refractivity contribution in [2.24, 2.45) is 0 Å². The predicted octanol–water partition coefficient (Wildman–Crippen LogP) is -0.343. The molecule has 0 bridgehead atoms. The topological polar surface area (TPSA) is 203 Å². The Kier molecular flexibility index (Phi) is 28.1. The summed E-state index contributed by atoms with van der Waals surface area (Å²) in [5, 5.41) is 38.2. The van der Waals surface area contributed by atoms with Gasteiger partial charge in [0.1, 0.15) is 26.3 Å². The number of amides is 3. The van der Waals surface area contributed by atoms with Crippen molar-refractivity contribution in [2.45, 2.75) is 62.9 Å². The Morgan fingerprint density at radius 2 is 0.867 bits per heavy atom. The van der Waals surface area contributed by atoms with E-state index in [4.69, 9.17) is 28.4 Å². The van der Waals surface area contributed by atoms with Crippen molar-refractivity contribution >= 4 is 17.7 Å². The third-order valence-electron chi connectivity index (χ3n) is 5.83. The normalized spacial score (nSPS) is 13.7. The summed E-state index contributed by atoms with van der Waals surface area (Å²) < 4.78 is 32.9. The molecule has 0 heterocycles. The van der Waals surface area contributed by atoms with Crippen LogP contribution in [0, 0.1) is 0 Å². The molecule has 0 radical (unpaired) electrons. The van der Waals surface area contributed by atoms with E-state index in [2.05, 4.69) is 35.7 Å². The number of carbonyl (C=O) groups is 3. The molecule has 0 saturated carbocycles. The van der Waals surface area contributed by atoms with Gasteiger partial charge in [-0.05, 0) is 56.8 Å². The lowest BCUT2D eigenvalue weighted by Crippen LogP contribution is -2.32. The van der Waals surface area contributed by atoms with Crippen LogP contribution in [0.2, 0.25) is 0 Å². The van der Waals surface area contributed by atoms with Crippen LogP contribution < -0.4 is 16.0 Å². The van der Waals surface area contributed by atoms with Gasteiger partial charge >= 0.3 is 0 Å². The number of carbonyl (C=O) groups excluding carboxylic acids is 3. The van der Waals surface area contributed by atoms with Gasteiger partial charge in [-0.1, -0.05) is 19.7 Å². The van der Waals surface area contributed by atoms with Crippen molar-refractivity contribution in [3.63, 3.8) is 0 Å². The van der Waals surface area contributed by atoms with Crippen molar-refractivity contribution in [1.29, 1.82) is 0 Å². The van der Waals surface area contributed by atoms with Crippen LogP contribution in [-0.4, -0.2) is 131 Å². The molecule has 3 unspecified atom stereocenters. The Balaban J connectivity index is 4.40. The van der Waals surface area contributed by atoms with Gasteiger partial charge in [0, 0.05) is 19.8 Å². The maximum absolute atomic E-state index is 11.1. The minimum absolute atomic E-state index is 0.00908. The van der Waals surface area contributed by atoms with E-state index in [1.807, 2.05) is 0 Å². The van der Waals surface area contributed by atoms with Gasteiger partial charge in [0.2, 0.25) is 17.7 Å².